The van der Waals surface area contributed by atoms with E-state index >= 15 is 0 Å². The number of phenolic OH excluding ortho intramolecular Hbond substituents is 1. The molecular weight excluding hydrogens is 463 g/mol. The topological polar surface area (TPSA) is 35.9 Å². The summed E-state index contributed by atoms with van der Waals surface area (Å²) in [5.41, 5.74) is 4.61. The smallest absolute Gasteiger partial charge is 0.123 e. The molecule has 0 aromatic heterocycles. The van der Waals surface area contributed by atoms with Crippen LogP contribution in [0.2, 0.25) is 0 Å². The number of ether oxygens (including phenoxy) is 1. The minimum Gasteiger partial charge on any atom is -0.508 e. The van der Waals surface area contributed by atoms with Crippen molar-refractivity contribution in [1.82, 2.24) is 4.90 Å². The SMILES string of the molecule is CC(C)CN(CCOc1ccc(CC2c3ccc(O)cc3CCN2c2ccc(F)cc2)cc1)CC(C)C. The van der Waals surface area contributed by atoms with Gasteiger partial charge in [0.15, 0.2) is 0 Å². The van der Waals surface area contributed by atoms with Crippen molar-refractivity contribution >= 4 is 5.69 Å². The Hall–Kier alpha value is -3.05. The third kappa shape index (κ3) is 7.48. The Morgan fingerprint density at radius 1 is 0.946 bits per heavy atom. The van der Waals surface area contributed by atoms with E-state index in [0.717, 1.165) is 50.5 Å². The average molecular weight is 505 g/mol. The highest BCUT2D eigenvalue weighted by atomic mass is 19.1. The zero-order valence-corrected chi connectivity index (χ0v) is 22.7. The van der Waals surface area contributed by atoms with E-state index in [0.29, 0.717) is 24.2 Å². The van der Waals surface area contributed by atoms with Gasteiger partial charge >= 0.3 is 0 Å². The lowest BCUT2D eigenvalue weighted by Gasteiger charge is -2.39. The molecular formula is C32H41FN2O2. The average Bonchev–Trinajstić information content (AvgIpc) is 2.85. The highest BCUT2D eigenvalue weighted by Gasteiger charge is 2.28. The molecule has 37 heavy (non-hydrogen) atoms. The van der Waals surface area contributed by atoms with Crippen LogP contribution in [-0.2, 0) is 12.8 Å². The number of hydrogen-bond donors (Lipinski definition) is 1. The van der Waals surface area contributed by atoms with Crippen LogP contribution in [0.3, 0.4) is 0 Å². The van der Waals surface area contributed by atoms with Gasteiger partial charge < -0.3 is 14.7 Å². The van der Waals surface area contributed by atoms with Gasteiger partial charge in [0.2, 0.25) is 0 Å². The lowest BCUT2D eigenvalue weighted by Crippen LogP contribution is -2.36. The second-order valence-electron chi connectivity index (χ2n) is 11.1. The normalized spacial score (nSPS) is 15.5. The number of aromatic hydroxyl groups is 1. The summed E-state index contributed by atoms with van der Waals surface area (Å²) in [6.45, 7) is 13.6. The second kappa shape index (κ2) is 12.5. The molecule has 1 N–H and O–H groups in total. The fraction of sp³-hybridized carbons (Fsp3) is 0.438. The molecule has 0 radical (unpaired) electrons. The predicted octanol–water partition coefficient (Wildman–Crippen LogP) is 6.87. The maximum Gasteiger partial charge on any atom is 0.123 e. The highest BCUT2D eigenvalue weighted by molar-refractivity contribution is 5.53. The van der Waals surface area contributed by atoms with Gasteiger partial charge in [0, 0.05) is 31.9 Å². The molecule has 5 heteroatoms. The Bertz CT molecular complexity index is 1120. The van der Waals surface area contributed by atoms with Crippen LogP contribution in [0.25, 0.3) is 0 Å². The molecule has 1 atom stereocenters. The summed E-state index contributed by atoms with van der Waals surface area (Å²) in [5.74, 6) is 2.24. The van der Waals surface area contributed by atoms with Gasteiger partial charge in [-0.2, -0.15) is 0 Å². The van der Waals surface area contributed by atoms with E-state index in [-0.39, 0.29) is 11.9 Å². The monoisotopic (exact) mass is 504 g/mol. The largest absolute Gasteiger partial charge is 0.508 e. The number of halogens is 1. The molecule has 0 amide bonds. The summed E-state index contributed by atoms with van der Waals surface area (Å²) in [6.07, 6.45) is 1.65. The van der Waals surface area contributed by atoms with Crippen molar-refractivity contribution in [2.75, 3.05) is 37.7 Å². The van der Waals surface area contributed by atoms with Crippen molar-refractivity contribution in [1.29, 1.82) is 0 Å². The Morgan fingerprint density at radius 3 is 2.27 bits per heavy atom. The van der Waals surface area contributed by atoms with Crippen LogP contribution in [0, 0.1) is 17.7 Å². The van der Waals surface area contributed by atoms with Crippen LogP contribution in [0.15, 0.2) is 66.7 Å². The molecule has 198 valence electrons. The maximum absolute atomic E-state index is 13.6. The van der Waals surface area contributed by atoms with Gasteiger partial charge in [-0.25, -0.2) is 4.39 Å². The molecule has 0 fully saturated rings. The maximum atomic E-state index is 13.6. The summed E-state index contributed by atoms with van der Waals surface area (Å²) in [6, 6.07) is 20.9. The van der Waals surface area contributed by atoms with Crippen LogP contribution in [0.1, 0.15) is 50.4 Å². The van der Waals surface area contributed by atoms with Gasteiger partial charge in [-0.3, -0.25) is 4.90 Å². The van der Waals surface area contributed by atoms with Gasteiger partial charge in [-0.05, 0) is 89.9 Å². The first kappa shape index (κ1) is 27.0. The summed E-state index contributed by atoms with van der Waals surface area (Å²) in [4.78, 5) is 4.84. The summed E-state index contributed by atoms with van der Waals surface area (Å²) in [7, 11) is 0. The molecule has 1 heterocycles. The first-order valence-electron chi connectivity index (χ1n) is 13.6. The first-order chi connectivity index (χ1) is 17.8. The molecule has 0 spiro atoms. The van der Waals surface area contributed by atoms with E-state index in [1.165, 1.54) is 28.8 Å². The van der Waals surface area contributed by atoms with Gasteiger partial charge in [-0.1, -0.05) is 45.9 Å². The number of rotatable bonds is 11. The van der Waals surface area contributed by atoms with Gasteiger partial charge in [0.05, 0.1) is 6.04 Å². The van der Waals surface area contributed by atoms with Crippen LogP contribution >= 0.6 is 0 Å². The minimum absolute atomic E-state index is 0.0993. The third-order valence-corrected chi connectivity index (χ3v) is 6.92. The van der Waals surface area contributed by atoms with Crippen LogP contribution in [-0.4, -0.2) is 42.8 Å². The Kier molecular flexibility index (Phi) is 9.09. The van der Waals surface area contributed by atoms with E-state index in [1.54, 1.807) is 6.07 Å². The van der Waals surface area contributed by atoms with E-state index in [1.807, 2.05) is 24.3 Å². The van der Waals surface area contributed by atoms with Crippen molar-refractivity contribution < 1.29 is 14.2 Å². The fourth-order valence-corrected chi connectivity index (χ4v) is 5.39. The highest BCUT2D eigenvalue weighted by Crippen LogP contribution is 2.37. The molecule has 0 bridgehead atoms. The minimum atomic E-state index is -0.227. The molecule has 4 nitrogen and oxygen atoms in total. The third-order valence-electron chi connectivity index (χ3n) is 6.92. The number of anilines is 1. The quantitative estimate of drug-likeness (QED) is 0.309. The number of nitrogens with zero attached hydrogens (tertiary/aromatic N) is 2. The van der Waals surface area contributed by atoms with Crippen molar-refractivity contribution in [2.24, 2.45) is 11.8 Å². The molecule has 0 saturated carbocycles. The molecule has 3 aromatic carbocycles. The van der Waals surface area contributed by atoms with Crippen molar-refractivity contribution in [3.63, 3.8) is 0 Å². The number of phenols is 1. The van der Waals surface area contributed by atoms with Crippen molar-refractivity contribution in [3.05, 3.63) is 89.2 Å². The molecule has 0 aliphatic carbocycles. The number of hydrogen-bond acceptors (Lipinski definition) is 4. The van der Waals surface area contributed by atoms with Crippen LogP contribution in [0.4, 0.5) is 10.1 Å². The van der Waals surface area contributed by atoms with Gasteiger partial charge in [-0.15, -0.1) is 0 Å². The summed E-state index contributed by atoms with van der Waals surface area (Å²) >= 11 is 0. The molecule has 3 aromatic rings. The Morgan fingerprint density at radius 2 is 1.62 bits per heavy atom. The fourth-order valence-electron chi connectivity index (χ4n) is 5.39. The first-order valence-corrected chi connectivity index (χ1v) is 13.6. The number of fused-ring (bicyclic) bond motifs is 1. The van der Waals surface area contributed by atoms with Gasteiger partial charge in [0.1, 0.15) is 23.9 Å². The van der Waals surface area contributed by atoms with E-state index in [4.69, 9.17) is 4.74 Å². The van der Waals surface area contributed by atoms with Crippen molar-refractivity contribution in [3.8, 4) is 11.5 Å². The lowest BCUT2D eigenvalue weighted by molar-refractivity contribution is 0.177. The van der Waals surface area contributed by atoms with E-state index in [9.17, 15) is 9.50 Å². The lowest BCUT2D eigenvalue weighted by atomic mass is 9.88. The number of benzene rings is 3. The van der Waals surface area contributed by atoms with E-state index in [2.05, 4.69) is 61.8 Å². The molecule has 4 rings (SSSR count). The Balaban J connectivity index is 1.44. The molecule has 1 aliphatic heterocycles. The standard InChI is InChI=1S/C32H41FN2O2/c1-23(2)21-34(22-24(3)4)17-18-37-30-12-5-25(6-13-30)19-32-31-14-11-29(36)20-26(31)15-16-35(32)28-9-7-27(33)8-10-28/h5-14,20,23-24,32,36H,15-19,21-22H2,1-4H3. The van der Waals surface area contributed by atoms with E-state index < -0.39 is 0 Å². The molecule has 1 aliphatic rings. The molecule has 1 unspecified atom stereocenters. The second-order valence-corrected chi connectivity index (χ2v) is 11.1. The van der Waals surface area contributed by atoms with Gasteiger partial charge in [0.25, 0.3) is 0 Å². The van der Waals surface area contributed by atoms with Crippen molar-refractivity contribution in [2.45, 2.75) is 46.6 Å². The summed E-state index contributed by atoms with van der Waals surface area (Å²) in [5, 5.41) is 10.0. The zero-order valence-electron chi connectivity index (χ0n) is 22.7. The molecule has 0 saturated heterocycles. The van der Waals surface area contributed by atoms with Crippen LogP contribution < -0.4 is 9.64 Å². The predicted molar refractivity (Wildman–Crippen MR) is 150 cm³/mol. The zero-order chi connectivity index (χ0) is 26.4. The summed E-state index contributed by atoms with van der Waals surface area (Å²) < 4.78 is 19.7. The van der Waals surface area contributed by atoms with Crippen LogP contribution in [0.5, 0.6) is 11.5 Å². The Labute approximate surface area is 221 Å².